The molecule has 0 aliphatic heterocycles. The number of aryl methyl sites for hydroxylation is 1. The lowest BCUT2D eigenvalue weighted by Gasteiger charge is -2.18. The molecule has 2 aromatic heterocycles. The van der Waals surface area contributed by atoms with Gasteiger partial charge in [-0.15, -0.1) is 0 Å². The van der Waals surface area contributed by atoms with Gasteiger partial charge in [0.25, 0.3) is 0 Å². The zero-order chi connectivity index (χ0) is 21.5. The molecule has 1 N–H and O–H groups in total. The number of carbonyl (C=O) groups is 2. The highest BCUT2D eigenvalue weighted by atomic mass is 16.4. The van der Waals surface area contributed by atoms with E-state index in [4.69, 9.17) is 8.83 Å². The lowest BCUT2D eigenvalue weighted by molar-refractivity contribution is -0.308. The summed E-state index contributed by atoms with van der Waals surface area (Å²) >= 11 is 0. The van der Waals surface area contributed by atoms with Crippen LogP contribution in [0, 0.1) is 6.92 Å². The van der Waals surface area contributed by atoms with Crippen molar-refractivity contribution >= 4 is 33.8 Å². The maximum Gasteiger partial charge on any atom is 0.340 e. The van der Waals surface area contributed by atoms with E-state index in [-0.39, 0.29) is 23.8 Å². The van der Waals surface area contributed by atoms with Crippen molar-refractivity contribution in [1.29, 1.82) is 0 Å². The first-order chi connectivity index (χ1) is 13.5. The van der Waals surface area contributed by atoms with E-state index in [2.05, 4.69) is 26.1 Å². The average Bonchev–Trinajstić information content (AvgIpc) is 3.04. The van der Waals surface area contributed by atoms with E-state index in [1.807, 2.05) is 6.07 Å². The minimum Gasteiger partial charge on any atom is -0.548 e. The first-order valence-corrected chi connectivity index (χ1v) is 9.51. The molecule has 3 aromatic rings. The fraction of sp³-hybridized carbons (Fsp3) is 0.409. The van der Waals surface area contributed by atoms with Crippen LogP contribution in [-0.2, 0) is 21.4 Å². The minimum atomic E-state index is -1.36. The van der Waals surface area contributed by atoms with Crippen LogP contribution in [0.25, 0.3) is 21.9 Å². The van der Waals surface area contributed by atoms with Crippen molar-refractivity contribution in [3.63, 3.8) is 0 Å². The van der Waals surface area contributed by atoms with Gasteiger partial charge in [-0.2, -0.15) is 0 Å². The summed E-state index contributed by atoms with van der Waals surface area (Å²) in [7, 11) is 0. The molecule has 0 aliphatic carbocycles. The lowest BCUT2D eigenvalue weighted by Crippen LogP contribution is -2.48. The number of amides is 1. The van der Waals surface area contributed by atoms with E-state index in [0.717, 1.165) is 10.9 Å². The Morgan fingerprint density at radius 3 is 2.45 bits per heavy atom. The number of fused-ring (bicyclic) bond motifs is 2. The maximum absolute atomic E-state index is 12.5. The summed E-state index contributed by atoms with van der Waals surface area (Å²) in [6.07, 6.45) is 1.62. The molecule has 1 amide bonds. The van der Waals surface area contributed by atoms with E-state index in [1.54, 1.807) is 26.2 Å². The molecule has 2 heterocycles. The molecule has 0 spiro atoms. The van der Waals surface area contributed by atoms with Gasteiger partial charge >= 0.3 is 5.63 Å². The van der Waals surface area contributed by atoms with E-state index in [9.17, 15) is 19.5 Å². The van der Waals surface area contributed by atoms with Crippen molar-refractivity contribution in [2.24, 2.45) is 0 Å². The summed E-state index contributed by atoms with van der Waals surface area (Å²) < 4.78 is 11.1. The fourth-order valence-electron chi connectivity index (χ4n) is 3.43. The molecule has 0 unspecified atom stereocenters. The van der Waals surface area contributed by atoms with E-state index in [1.165, 1.54) is 0 Å². The summed E-state index contributed by atoms with van der Waals surface area (Å²) in [4.78, 5) is 35.8. The third kappa shape index (κ3) is 3.90. The van der Waals surface area contributed by atoms with Crippen LogP contribution < -0.4 is 16.0 Å². The molecular weight excluding hydrogens is 374 g/mol. The molecule has 7 nitrogen and oxygen atoms in total. The minimum absolute atomic E-state index is 0.134. The van der Waals surface area contributed by atoms with Crippen LogP contribution in [0.15, 0.2) is 32.0 Å². The number of hydrogen-bond donors (Lipinski definition) is 1. The van der Waals surface area contributed by atoms with E-state index >= 15 is 0 Å². The van der Waals surface area contributed by atoms with Crippen LogP contribution in [0.3, 0.4) is 0 Å². The molecule has 0 fully saturated rings. The second-order valence-electron chi connectivity index (χ2n) is 8.26. The largest absolute Gasteiger partial charge is 0.548 e. The van der Waals surface area contributed by atoms with Gasteiger partial charge in [0.05, 0.1) is 30.3 Å². The average molecular weight is 398 g/mol. The van der Waals surface area contributed by atoms with Crippen LogP contribution in [0.5, 0.6) is 0 Å². The molecule has 0 aliphatic rings. The van der Waals surface area contributed by atoms with Gasteiger partial charge in [-0.25, -0.2) is 4.79 Å². The van der Waals surface area contributed by atoms with E-state index in [0.29, 0.717) is 22.1 Å². The van der Waals surface area contributed by atoms with Crippen molar-refractivity contribution in [2.45, 2.75) is 58.9 Å². The summed E-state index contributed by atoms with van der Waals surface area (Å²) in [5, 5.41) is 15.0. The molecule has 3 rings (SSSR count). The van der Waals surface area contributed by atoms with Gasteiger partial charge in [0.15, 0.2) is 0 Å². The van der Waals surface area contributed by atoms with Crippen molar-refractivity contribution < 1.29 is 23.5 Å². The molecule has 154 valence electrons. The van der Waals surface area contributed by atoms with Crippen LogP contribution in [0.1, 0.15) is 50.8 Å². The quantitative estimate of drug-likeness (QED) is 0.660. The molecule has 1 aromatic carbocycles. The second-order valence-corrected chi connectivity index (χ2v) is 8.26. The fourth-order valence-corrected chi connectivity index (χ4v) is 3.43. The Morgan fingerprint density at radius 1 is 1.17 bits per heavy atom. The van der Waals surface area contributed by atoms with Gasteiger partial charge in [-0.1, -0.05) is 27.7 Å². The van der Waals surface area contributed by atoms with Gasteiger partial charge in [-0.05, 0) is 30.4 Å². The summed E-state index contributed by atoms with van der Waals surface area (Å²) in [6.45, 7) is 9.62. The van der Waals surface area contributed by atoms with Crippen LogP contribution in [0.4, 0.5) is 0 Å². The number of nitrogens with one attached hydrogen (secondary N) is 1. The molecule has 29 heavy (non-hydrogen) atoms. The molecular formula is C22H24NO6-. The second kappa shape index (κ2) is 7.39. The Hall–Kier alpha value is -3.09. The first kappa shape index (κ1) is 20.6. The number of carboxylic acid groups (broad SMARTS) is 1. The SMILES string of the molecule is CC[C@H](NC(=O)Cc1c(C)c2cc3c(C(C)(C)C)coc3cc2oc1=O)C(=O)[O-]. The number of furan rings is 1. The standard InChI is InChI=1S/C22H25NO6/c1-6-16(20(25)26)23-19(24)8-13-11(2)12-7-14-15(22(3,4)5)10-28-17(14)9-18(12)29-21(13)27/h7,9-10,16H,6,8H2,1-5H3,(H,23,24)(H,25,26)/p-1/t16-/m0/s1. The number of aliphatic carboxylic acids is 1. The number of benzene rings is 1. The van der Waals surface area contributed by atoms with Gasteiger partial charge in [0, 0.05) is 22.4 Å². The summed E-state index contributed by atoms with van der Waals surface area (Å²) in [6, 6.07) is 2.49. The Bertz CT molecular complexity index is 1160. The smallest absolute Gasteiger partial charge is 0.340 e. The lowest BCUT2D eigenvalue weighted by atomic mass is 9.86. The molecule has 0 radical (unpaired) electrons. The van der Waals surface area contributed by atoms with Crippen molar-refractivity contribution in [3.8, 4) is 0 Å². The predicted molar refractivity (Wildman–Crippen MR) is 107 cm³/mol. The predicted octanol–water partition coefficient (Wildman–Crippen LogP) is 2.33. The zero-order valence-electron chi connectivity index (χ0n) is 17.2. The number of carbonyl (C=O) groups excluding carboxylic acids is 2. The van der Waals surface area contributed by atoms with Crippen LogP contribution >= 0.6 is 0 Å². The Kier molecular flexibility index (Phi) is 5.26. The third-order valence-electron chi connectivity index (χ3n) is 5.15. The van der Waals surface area contributed by atoms with E-state index < -0.39 is 23.5 Å². The summed E-state index contributed by atoms with van der Waals surface area (Å²) in [5.41, 5.74) is 2.08. The molecule has 0 saturated carbocycles. The molecule has 7 heteroatoms. The zero-order valence-corrected chi connectivity index (χ0v) is 17.2. The van der Waals surface area contributed by atoms with Gasteiger partial charge in [0.1, 0.15) is 11.2 Å². The Morgan fingerprint density at radius 2 is 1.86 bits per heavy atom. The highest BCUT2D eigenvalue weighted by Gasteiger charge is 2.22. The number of hydrogen-bond acceptors (Lipinski definition) is 6. The Labute approximate surface area is 167 Å². The van der Waals surface area contributed by atoms with Crippen LogP contribution in [0.2, 0.25) is 0 Å². The summed E-state index contributed by atoms with van der Waals surface area (Å²) in [5.74, 6) is -1.93. The monoisotopic (exact) mass is 398 g/mol. The highest BCUT2D eigenvalue weighted by molar-refractivity contribution is 5.97. The highest BCUT2D eigenvalue weighted by Crippen LogP contribution is 2.35. The molecule has 0 saturated heterocycles. The third-order valence-corrected chi connectivity index (χ3v) is 5.15. The number of rotatable bonds is 5. The van der Waals surface area contributed by atoms with Crippen molar-refractivity contribution in [1.82, 2.24) is 5.32 Å². The number of carboxylic acids is 1. The maximum atomic E-state index is 12.5. The topological polar surface area (TPSA) is 113 Å². The normalized spacial score (nSPS) is 13.0. The van der Waals surface area contributed by atoms with Gasteiger partial charge in [0.2, 0.25) is 5.91 Å². The van der Waals surface area contributed by atoms with Crippen LogP contribution in [-0.4, -0.2) is 17.9 Å². The first-order valence-electron chi connectivity index (χ1n) is 9.51. The van der Waals surface area contributed by atoms with Crippen molar-refractivity contribution in [2.75, 3.05) is 0 Å². The van der Waals surface area contributed by atoms with Gasteiger partial charge in [-0.3, -0.25) is 4.79 Å². The van der Waals surface area contributed by atoms with Crippen molar-refractivity contribution in [3.05, 3.63) is 45.5 Å². The molecule has 0 bridgehead atoms. The van der Waals surface area contributed by atoms with Gasteiger partial charge < -0.3 is 24.1 Å². The molecule has 1 atom stereocenters. The Balaban J connectivity index is 2.07.